The topological polar surface area (TPSA) is 46.8 Å². The highest BCUT2D eigenvalue weighted by Gasteiger charge is 2.20. The van der Waals surface area contributed by atoms with Gasteiger partial charge in [-0.2, -0.15) is 9.49 Å². The Morgan fingerprint density at radius 2 is 2.08 bits per heavy atom. The van der Waals surface area contributed by atoms with E-state index in [2.05, 4.69) is 38.6 Å². The molecule has 0 amide bonds. The van der Waals surface area contributed by atoms with E-state index in [9.17, 15) is 4.39 Å². The lowest BCUT2D eigenvalue weighted by Crippen LogP contribution is -2.33. The first-order valence-corrected chi connectivity index (χ1v) is 8.00. The van der Waals surface area contributed by atoms with Gasteiger partial charge in [0.05, 0.1) is 17.9 Å². The van der Waals surface area contributed by atoms with Gasteiger partial charge >= 0.3 is 0 Å². The molecule has 1 aliphatic heterocycles. The number of fused-ring (bicyclic) bond motifs is 1. The van der Waals surface area contributed by atoms with Crippen LogP contribution in [0.4, 0.5) is 4.39 Å². The molecule has 0 spiro atoms. The third-order valence-corrected chi connectivity index (χ3v) is 4.32. The minimum absolute atomic E-state index is 0.439. The average molecular weight is 323 g/mol. The second kappa shape index (κ2) is 6.13. The molecule has 5 nitrogen and oxygen atoms in total. The molecule has 4 rings (SSSR count). The summed E-state index contributed by atoms with van der Waals surface area (Å²) in [5.74, 6) is -0.439. The van der Waals surface area contributed by atoms with Crippen molar-refractivity contribution in [2.45, 2.75) is 26.6 Å². The highest BCUT2D eigenvalue weighted by Crippen LogP contribution is 2.23. The van der Waals surface area contributed by atoms with E-state index in [4.69, 9.17) is 5.10 Å². The summed E-state index contributed by atoms with van der Waals surface area (Å²) in [6.07, 6.45) is 3.40. The van der Waals surface area contributed by atoms with Crippen molar-refractivity contribution in [3.63, 3.8) is 0 Å². The Hall–Kier alpha value is -2.60. The van der Waals surface area contributed by atoms with Crippen LogP contribution in [0.15, 0.2) is 42.7 Å². The standard InChI is InChI=1S/C18H18FN5/c1-13-3-2-6-20-18(13)16-9-15-12-23(7-8-24(15)22-16)11-14-4-5-17(19)21-10-14/h2-6,9-10H,7-8,11-12H2,1H3. The van der Waals surface area contributed by atoms with Crippen molar-refractivity contribution in [1.29, 1.82) is 0 Å². The molecule has 0 aromatic carbocycles. The SMILES string of the molecule is Cc1cccnc1-c1cc2n(n1)CCN(Cc1ccc(F)nc1)C2. The molecular formula is C18H18FN5. The number of hydrogen-bond donors (Lipinski definition) is 0. The maximum atomic E-state index is 12.9. The van der Waals surface area contributed by atoms with Crippen LogP contribution in [0.25, 0.3) is 11.4 Å². The van der Waals surface area contributed by atoms with Crippen molar-refractivity contribution in [2.24, 2.45) is 0 Å². The number of rotatable bonds is 3. The maximum absolute atomic E-state index is 12.9. The van der Waals surface area contributed by atoms with Crippen LogP contribution in [0.3, 0.4) is 0 Å². The Morgan fingerprint density at radius 1 is 1.17 bits per heavy atom. The lowest BCUT2D eigenvalue weighted by atomic mass is 10.1. The summed E-state index contributed by atoms with van der Waals surface area (Å²) in [6.45, 7) is 5.38. The van der Waals surface area contributed by atoms with Crippen molar-refractivity contribution in [2.75, 3.05) is 6.54 Å². The van der Waals surface area contributed by atoms with Crippen LogP contribution in [0.5, 0.6) is 0 Å². The quantitative estimate of drug-likeness (QED) is 0.696. The zero-order valence-electron chi connectivity index (χ0n) is 13.5. The fourth-order valence-corrected chi connectivity index (χ4v) is 3.08. The zero-order valence-corrected chi connectivity index (χ0v) is 13.5. The molecule has 0 atom stereocenters. The molecule has 0 radical (unpaired) electrons. The predicted octanol–water partition coefficient (Wildman–Crippen LogP) is 2.80. The van der Waals surface area contributed by atoms with E-state index in [1.54, 1.807) is 18.5 Å². The second-order valence-corrected chi connectivity index (χ2v) is 6.11. The molecule has 0 saturated carbocycles. The summed E-state index contributed by atoms with van der Waals surface area (Å²) in [5, 5.41) is 4.70. The van der Waals surface area contributed by atoms with Crippen molar-refractivity contribution in [3.05, 3.63) is 65.5 Å². The number of aryl methyl sites for hydroxylation is 1. The van der Waals surface area contributed by atoms with Gasteiger partial charge in [-0.3, -0.25) is 14.6 Å². The molecule has 0 fully saturated rings. The van der Waals surface area contributed by atoms with Crippen LogP contribution >= 0.6 is 0 Å². The van der Waals surface area contributed by atoms with E-state index in [0.29, 0.717) is 0 Å². The van der Waals surface area contributed by atoms with Crippen LogP contribution in [0.1, 0.15) is 16.8 Å². The summed E-state index contributed by atoms with van der Waals surface area (Å²) in [4.78, 5) is 10.5. The zero-order chi connectivity index (χ0) is 16.5. The Labute approximate surface area is 139 Å². The van der Waals surface area contributed by atoms with Crippen LogP contribution in [-0.2, 0) is 19.6 Å². The minimum atomic E-state index is -0.439. The van der Waals surface area contributed by atoms with E-state index in [1.165, 1.54) is 11.8 Å². The number of pyridine rings is 2. The summed E-state index contributed by atoms with van der Waals surface area (Å²) >= 11 is 0. The average Bonchev–Trinajstić information content (AvgIpc) is 3.00. The number of hydrogen-bond acceptors (Lipinski definition) is 4. The Balaban J connectivity index is 1.53. The van der Waals surface area contributed by atoms with E-state index in [1.807, 2.05) is 6.07 Å². The Kier molecular flexibility index (Phi) is 3.82. The first-order chi connectivity index (χ1) is 11.7. The molecule has 1 aliphatic rings. The fourth-order valence-electron chi connectivity index (χ4n) is 3.08. The van der Waals surface area contributed by atoms with E-state index in [-0.39, 0.29) is 0 Å². The molecule has 3 aromatic heterocycles. The first-order valence-electron chi connectivity index (χ1n) is 8.00. The van der Waals surface area contributed by atoms with E-state index >= 15 is 0 Å². The van der Waals surface area contributed by atoms with Crippen LogP contribution in [-0.4, -0.2) is 31.2 Å². The Bertz CT molecular complexity index is 856. The molecule has 3 aromatic rings. The van der Waals surface area contributed by atoms with E-state index in [0.717, 1.165) is 48.7 Å². The smallest absolute Gasteiger partial charge is 0.212 e. The number of nitrogens with zero attached hydrogens (tertiary/aromatic N) is 5. The summed E-state index contributed by atoms with van der Waals surface area (Å²) in [7, 11) is 0. The molecule has 0 bridgehead atoms. The molecule has 24 heavy (non-hydrogen) atoms. The first kappa shape index (κ1) is 15.0. The van der Waals surface area contributed by atoms with Crippen LogP contribution in [0.2, 0.25) is 0 Å². The lowest BCUT2D eigenvalue weighted by molar-refractivity contribution is 0.205. The highest BCUT2D eigenvalue weighted by atomic mass is 19.1. The maximum Gasteiger partial charge on any atom is 0.212 e. The van der Waals surface area contributed by atoms with Crippen LogP contribution < -0.4 is 0 Å². The van der Waals surface area contributed by atoms with Gasteiger partial charge in [-0.25, -0.2) is 4.98 Å². The molecular weight excluding hydrogens is 305 g/mol. The minimum Gasteiger partial charge on any atom is -0.291 e. The highest BCUT2D eigenvalue weighted by molar-refractivity contribution is 5.58. The van der Waals surface area contributed by atoms with Gasteiger partial charge in [0.1, 0.15) is 5.69 Å². The monoisotopic (exact) mass is 323 g/mol. The molecule has 0 saturated heterocycles. The molecule has 0 aliphatic carbocycles. The molecule has 6 heteroatoms. The van der Waals surface area contributed by atoms with Gasteiger partial charge in [-0.15, -0.1) is 0 Å². The molecule has 122 valence electrons. The second-order valence-electron chi connectivity index (χ2n) is 6.11. The van der Waals surface area contributed by atoms with Gasteiger partial charge < -0.3 is 0 Å². The van der Waals surface area contributed by atoms with Gasteiger partial charge in [-0.1, -0.05) is 12.1 Å². The third-order valence-electron chi connectivity index (χ3n) is 4.32. The van der Waals surface area contributed by atoms with Crippen molar-refractivity contribution < 1.29 is 4.39 Å². The fraction of sp³-hybridized carbons (Fsp3) is 0.278. The normalized spacial score (nSPS) is 14.6. The number of halogens is 1. The van der Waals surface area contributed by atoms with Crippen molar-refractivity contribution >= 4 is 0 Å². The summed E-state index contributed by atoms with van der Waals surface area (Å²) in [6, 6.07) is 9.30. The van der Waals surface area contributed by atoms with Gasteiger partial charge in [0.25, 0.3) is 0 Å². The van der Waals surface area contributed by atoms with Crippen molar-refractivity contribution in [3.8, 4) is 11.4 Å². The molecule has 0 unspecified atom stereocenters. The Morgan fingerprint density at radius 3 is 2.88 bits per heavy atom. The number of aromatic nitrogens is 4. The van der Waals surface area contributed by atoms with Gasteiger partial charge in [0.15, 0.2) is 0 Å². The van der Waals surface area contributed by atoms with Gasteiger partial charge in [0.2, 0.25) is 5.95 Å². The summed E-state index contributed by atoms with van der Waals surface area (Å²) < 4.78 is 15.0. The predicted molar refractivity (Wildman–Crippen MR) is 88.5 cm³/mol. The third kappa shape index (κ3) is 2.92. The molecule has 0 N–H and O–H groups in total. The van der Waals surface area contributed by atoms with Crippen LogP contribution in [0, 0.1) is 12.9 Å². The lowest BCUT2D eigenvalue weighted by Gasteiger charge is -2.27. The van der Waals surface area contributed by atoms with Crippen molar-refractivity contribution in [1.82, 2.24) is 24.6 Å². The summed E-state index contributed by atoms with van der Waals surface area (Å²) in [5.41, 5.74) is 5.19. The van der Waals surface area contributed by atoms with Gasteiger partial charge in [-0.05, 0) is 36.2 Å². The van der Waals surface area contributed by atoms with E-state index < -0.39 is 5.95 Å². The van der Waals surface area contributed by atoms with Gasteiger partial charge in [0, 0.05) is 32.0 Å². The molecule has 4 heterocycles. The largest absolute Gasteiger partial charge is 0.291 e.